The molecule has 0 saturated carbocycles. The Kier molecular flexibility index (Phi) is 4.18. The first-order valence-electron chi connectivity index (χ1n) is 6.51. The molecule has 20 heavy (non-hydrogen) atoms. The number of benzene rings is 2. The minimum Gasteiger partial charge on any atom is -0.483 e. The van der Waals surface area contributed by atoms with E-state index in [1.54, 1.807) is 6.92 Å². The van der Waals surface area contributed by atoms with Gasteiger partial charge in [0.1, 0.15) is 11.6 Å². The van der Waals surface area contributed by atoms with Crippen LogP contribution in [0.2, 0.25) is 0 Å². The van der Waals surface area contributed by atoms with E-state index in [1.165, 1.54) is 29.8 Å². The van der Waals surface area contributed by atoms with Gasteiger partial charge in [0.2, 0.25) is 5.78 Å². The number of ether oxygens (including phenoxy) is 1. The lowest BCUT2D eigenvalue weighted by Crippen LogP contribution is -2.23. The van der Waals surface area contributed by atoms with Crippen molar-refractivity contribution >= 4 is 5.78 Å². The normalized spacial score (nSPS) is 12.0. The third kappa shape index (κ3) is 3.23. The Labute approximate surface area is 118 Å². The van der Waals surface area contributed by atoms with Crippen LogP contribution in [0.3, 0.4) is 0 Å². The molecule has 0 N–H and O–H groups in total. The molecule has 0 amide bonds. The molecule has 1 atom stereocenters. The number of Topliss-reactive ketones (excluding diaryl/α,β-unsaturated/α-hetero) is 1. The van der Waals surface area contributed by atoms with E-state index < -0.39 is 6.10 Å². The highest BCUT2D eigenvalue weighted by molar-refractivity contribution is 5.99. The van der Waals surface area contributed by atoms with Crippen LogP contribution >= 0.6 is 0 Å². The molecule has 0 heterocycles. The van der Waals surface area contributed by atoms with Gasteiger partial charge in [0.05, 0.1) is 0 Å². The second-order valence-electron chi connectivity index (χ2n) is 4.88. The molecule has 3 heteroatoms. The Hall–Kier alpha value is -2.16. The zero-order valence-corrected chi connectivity index (χ0v) is 11.8. The lowest BCUT2D eigenvalue weighted by molar-refractivity contribution is 0.0818. The molecule has 0 radical (unpaired) electrons. The highest BCUT2D eigenvalue weighted by Gasteiger charge is 2.17. The molecule has 104 valence electrons. The smallest absolute Gasteiger partial charge is 0.202 e. The topological polar surface area (TPSA) is 26.3 Å². The zero-order valence-electron chi connectivity index (χ0n) is 11.8. The molecule has 2 nitrogen and oxygen atoms in total. The average Bonchev–Trinajstić information content (AvgIpc) is 2.43. The van der Waals surface area contributed by atoms with Gasteiger partial charge in [-0.05, 0) is 68.3 Å². The molecule has 0 aliphatic heterocycles. The number of rotatable bonds is 4. The number of hydrogen-bond donors (Lipinski definition) is 0. The van der Waals surface area contributed by atoms with E-state index in [4.69, 9.17) is 4.74 Å². The Morgan fingerprint density at radius 2 is 1.70 bits per heavy atom. The number of carbonyl (C=O) groups excluding carboxylic acids is 1. The standard InChI is InChI=1S/C17H17FO2/c1-11-4-9-16(10-12(11)2)20-13(3)17(19)14-5-7-15(18)8-6-14/h4-10,13H,1-3H3. The van der Waals surface area contributed by atoms with Crippen LogP contribution in [-0.2, 0) is 0 Å². The van der Waals surface area contributed by atoms with Crippen LogP contribution in [-0.4, -0.2) is 11.9 Å². The molecule has 0 bridgehead atoms. The van der Waals surface area contributed by atoms with Gasteiger partial charge in [-0.25, -0.2) is 4.39 Å². The second kappa shape index (κ2) is 5.87. The maximum absolute atomic E-state index is 12.8. The highest BCUT2D eigenvalue weighted by Crippen LogP contribution is 2.19. The summed E-state index contributed by atoms with van der Waals surface area (Å²) in [6, 6.07) is 11.2. The van der Waals surface area contributed by atoms with Crippen LogP contribution in [0, 0.1) is 19.7 Å². The second-order valence-corrected chi connectivity index (χ2v) is 4.88. The SMILES string of the molecule is Cc1ccc(OC(C)C(=O)c2ccc(F)cc2)cc1C. The van der Waals surface area contributed by atoms with Gasteiger partial charge in [-0.2, -0.15) is 0 Å². The van der Waals surface area contributed by atoms with Gasteiger partial charge in [0.15, 0.2) is 6.10 Å². The van der Waals surface area contributed by atoms with Gasteiger partial charge in [-0.1, -0.05) is 6.07 Å². The van der Waals surface area contributed by atoms with Gasteiger partial charge in [0, 0.05) is 5.56 Å². The zero-order chi connectivity index (χ0) is 14.7. The minimum absolute atomic E-state index is 0.164. The molecule has 0 aliphatic carbocycles. The highest BCUT2D eigenvalue weighted by atomic mass is 19.1. The summed E-state index contributed by atoms with van der Waals surface area (Å²) in [6.07, 6.45) is -0.609. The molecule has 2 aromatic carbocycles. The molecule has 2 rings (SSSR count). The summed E-state index contributed by atoms with van der Waals surface area (Å²) in [7, 11) is 0. The van der Waals surface area contributed by atoms with Gasteiger partial charge >= 0.3 is 0 Å². The third-order valence-electron chi connectivity index (χ3n) is 3.29. The van der Waals surface area contributed by atoms with Gasteiger partial charge in [0.25, 0.3) is 0 Å². The van der Waals surface area contributed by atoms with Crippen molar-refractivity contribution < 1.29 is 13.9 Å². The van der Waals surface area contributed by atoms with E-state index in [-0.39, 0.29) is 11.6 Å². The van der Waals surface area contributed by atoms with Crippen LogP contribution in [0.25, 0.3) is 0 Å². The van der Waals surface area contributed by atoms with Crippen LogP contribution in [0.1, 0.15) is 28.4 Å². The van der Waals surface area contributed by atoms with Gasteiger partial charge in [-0.3, -0.25) is 4.79 Å². The van der Waals surface area contributed by atoms with Gasteiger partial charge in [-0.15, -0.1) is 0 Å². The maximum Gasteiger partial charge on any atom is 0.202 e. The Bertz CT molecular complexity index is 617. The first-order valence-corrected chi connectivity index (χ1v) is 6.51. The number of halogens is 1. The van der Waals surface area contributed by atoms with E-state index in [1.807, 2.05) is 32.0 Å². The average molecular weight is 272 g/mol. The van der Waals surface area contributed by atoms with E-state index in [0.717, 1.165) is 5.56 Å². The third-order valence-corrected chi connectivity index (χ3v) is 3.29. The molecular formula is C17H17FO2. The lowest BCUT2D eigenvalue weighted by Gasteiger charge is -2.14. The van der Waals surface area contributed by atoms with Crippen molar-refractivity contribution in [2.24, 2.45) is 0 Å². The van der Waals surface area contributed by atoms with E-state index in [9.17, 15) is 9.18 Å². The summed E-state index contributed by atoms with van der Waals surface area (Å²) in [5.41, 5.74) is 2.74. The van der Waals surface area contributed by atoms with Crippen LogP contribution in [0.5, 0.6) is 5.75 Å². The fourth-order valence-corrected chi connectivity index (χ4v) is 1.89. The lowest BCUT2D eigenvalue weighted by atomic mass is 10.1. The van der Waals surface area contributed by atoms with Crippen LogP contribution in [0.4, 0.5) is 4.39 Å². The maximum atomic E-state index is 12.8. The van der Waals surface area contributed by atoms with Crippen molar-refractivity contribution in [2.75, 3.05) is 0 Å². The minimum atomic E-state index is -0.609. The summed E-state index contributed by atoms with van der Waals surface area (Å²) in [5.74, 6) is 0.142. The summed E-state index contributed by atoms with van der Waals surface area (Å²) in [4.78, 5) is 12.2. The molecular weight excluding hydrogens is 255 g/mol. The van der Waals surface area contributed by atoms with Crippen molar-refractivity contribution in [3.63, 3.8) is 0 Å². The van der Waals surface area contributed by atoms with Crippen LogP contribution in [0.15, 0.2) is 42.5 Å². The number of aryl methyl sites for hydroxylation is 2. The number of carbonyl (C=O) groups is 1. The Balaban J connectivity index is 2.11. The predicted octanol–water partition coefficient (Wildman–Crippen LogP) is 4.09. The summed E-state index contributed by atoms with van der Waals surface area (Å²) < 4.78 is 18.5. The number of hydrogen-bond acceptors (Lipinski definition) is 2. The van der Waals surface area contributed by atoms with E-state index in [0.29, 0.717) is 11.3 Å². The predicted molar refractivity (Wildman–Crippen MR) is 76.7 cm³/mol. The summed E-state index contributed by atoms with van der Waals surface area (Å²) >= 11 is 0. The first-order chi connectivity index (χ1) is 9.47. The van der Waals surface area contributed by atoms with Gasteiger partial charge < -0.3 is 4.74 Å². The molecule has 0 aromatic heterocycles. The molecule has 2 aromatic rings. The fraction of sp³-hybridized carbons (Fsp3) is 0.235. The molecule has 0 saturated heterocycles. The van der Waals surface area contributed by atoms with Crippen molar-refractivity contribution in [3.05, 3.63) is 65.0 Å². The van der Waals surface area contributed by atoms with Crippen LogP contribution < -0.4 is 4.74 Å². The van der Waals surface area contributed by atoms with E-state index in [2.05, 4.69) is 0 Å². The van der Waals surface area contributed by atoms with Crippen molar-refractivity contribution in [1.29, 1.82) is 0 Å². The summed E-state index contributed by atoms with van der Waals surface area (Å²) in [5, 5.41) is 0. The first kappa shape index (κ1) is 14.3. The quantitative estimate of drug-likeness (QED) is 0.783. The Morgan fingerprint density at radius 3 is 2.30 bits per heavy atom. The Morgan fingerprint density at radius 1 is 1.05 bits per heavy atom. The van der Waals surface area contributed by atoms with Crippen molar-refractivity contribution in [3.8, 4) is 5.75 Å². The van der Waals surface area contributed by atoms with Crippen molar-refractivity contribution in [2.45, 2.75) is 26.9 Å². The molecule has 0 aliphatic rings. The largest absolute Gasteiger partial charge is 0.483 e. The van der Waals surface area contributed by atoms with Crippen molar-refractivity contribution in [1.82, 2.24) is 0 Å². The number of ketones is 1. The molecule has 0 fully saturated rings. The van der Waals surface area contributed by atoms with E-state index >= 15 is 0 Å². The molecule has 1 unspecified atom stereocenters. The molecule has 0 spiro atoms. The summed E-state index contributed by atoms with van der Waals surface area (Å²) in [6.45, 7) is 5.71. The monoisotopic (exact) mass is 272 g/mol. The fourth-order valence-electron chi connectivity index (χ4n) is 1.89.